The monoisotopic (exact) mass is 222 g/mol. The number of alkyl halides is 2. The number of ether oxygens (including phenoxy) is 1. The molecule has 0 radical (unpaired) electrons. The highest BCUT2D eigenvalue weighted by Gasteiger charge is 2.43. The van der Waals surface area contributed by atoms with Crippen LogP contribution >= 0.6 is 0 Å². The van der Waals surface area contributed by atoms with E-state index in [1.54, 1.807) is 6.92 Å². The molecule has 88 valence electrons. The number of carbonyl (C=O) groups excluding carboxylic acids is 1. The molecule has 15 heavy (non-hydrogen) atoms. The number of aliphatic hydroxyl groups is 1. The molecule has 0 amide bonds. The SMILES string of the molecule is CCOC(=O)CC1(O)CCC(F)(F)CC1. The van der Waals surface area contributed by atoms with Gasteiger partial charge in [0.25, 0.3) is 0 Å². The van der Waals surface area contributed by atoms with Crippen molar-refractivity contribution in [3.05, 3.63) is 0 Å². The Bertz CT molecular complexity index is 231. The molecular weight excluding hydrogens is 206 g/mol. The van der Waals surface area contributed by atoms with Crippen molar-refractivity contribution in [1.82, 2.24) is 0 Å². The maximum Gasteiger partial charge on any atom is 0.308 e. The molecule has 0 saturated heterocycles. The molecule has 0 heterocycles. The Kier molecular flexibility index (Phi) is 3.65. The van der Waals surface area contributed by atoms with Crippen LogP contribution in [0.25, 0.3) is 0 Å². The number of esters is 1. The molecule has 0 aromatic rings. The zero-order valence-corrected chi connectivity index (χ0v) is 8.76. The topological polar surface area (TPSA) is 46.5 Å². The van der Waals surface area contributed by atoms with Crippen molar-refractivity contribution in [1.29, 1.82) is 0 Å². The van der Waals surface area contributed by atoms with Gasteiger partial charge in [0.05, 0.1) is 18.6 Å². The van der Waals surface area contributed by atoms with Gasteiger partial charge in [-0.15, -0.1) is 0 Å². The van der Waals surface area contributed by atoms with Gasteiger partial charge in [0.1, 0.15) is 0 Å². The van der Waals surface area contributed by atoms with Gasteiger partial charge in [-0.05, 0) is 19.8 Å². The number of rotatable bonds is 3. The van der Waals surface area contributed by atoms with E-state index in [4.69, 9.17) is 0 Å². The smallest absolute Gasteiger partial charge is 0.308 e. The Morgan fingerprint density at radius 1 is 1.33 bits per heavy atom. The molecule has 3 nitrogen and oxygen atoms in total. The fraction of sp³-hybridized carbons (Fsp3) is 0.900. The first-order chi connectivity index (χ1) is 6.87. The fourth-order valence-corrected chi connectivity index (χ4v) is 1.74. The molecule has 5 heteroatoms. The average molecular weight is 222 g/mol. The van der Waals surface area contributed by atoms with Crippen LogP contribution in [0.3, 0.4) is 0 Å². The van der Waals surface area contributed by atoms with Crippen molar-refractivity contribution in [2.75, 3.05) is 6.61 Å². The third kappa shape index (κ3) is 3.74. The molecule has 0 aliphatic heterocycles. The molecular formula is C10H16F2O3. The standard InChI is InChI=1S/C10H16F2O3/c1-2-15-8(13)7-9(14)3-5-10(11,12)6-4-9/h14H,2-7H2,1H3. The molecule has 1 aliphatic rings. The number of halogens is 2. The van der Waals surface area contributed by atoms with Crippen molar-refractivity contribution in [2.24, 2.45) is 0 Å². The number of hydrogen-bond donors (Lipinski definition) is 1. The van der Waals surface area contributed by atoms with Crippen molar-refractivity contribution < 1.29 is 23.4 Å². The first-order valence-corrected chi connectivity index (χ1v) is 5.13. The summed E-state index contributed by atoms with van der Waals surface area (Å²) in [6.07, 6.45) is -0.986. The summed E-state index contributed by atoms with van der Waals surface area (Å²) in [4.78, 5) is 11.1. The molecule has 1 aliphatic carbocycles. The molecule has 1 rings (SSSR count). The molecule has 1 saturated carbocycles. The predicted molar refractivity (Wildman–Crippen MR) is 49.6 cm³/mol. The number of hydrogen-bond acceptors (Lipinski definition) is 3. The first kappa shape index (κ1) is 12.4. The van der Waals surface area contributed by atoms with Crippen molar-refractivity contribution in [3.8, 4) is 0 Å². The third-order valence-electron chi connectivity index (χ3n) is 2.69. The summed E-state index contributed by atoms with van der Waals surface area (Å²) in [7, 11) is 0. The van der Waals surface area contributed by atoms with Crippen LogP contribution in [0, 0.1) is 0 Å². The molecule has 0 spiro atoms. The summed E-state index contributed by atoms with van der Waals surface area (Å²) in [5.74, 6) is -3.22. The van der Waals surface area contributed by atoms with E-state index >= 15 is 0 Å². The van der Waals surface area contributed by atoms with Crippen LogP contribution < -0.4 is 0 Å². The molecule has 1 N–H and O–H groups in total. The summed E-state index contributed by atoms with van der Waals surface area (Å²) >= 11 is 0. The van der Waals surface area contributed by atoms with Crippen LogP contribution in [-0.4, -0.2) is 29.2 Å². The lowest BCUT2D eigenvalue weighted by Crippen LogP contribution is -2.40. The Labute approximate surface area is 87.4 Å². The van der Waals surface area contributed by atoms with Gasteiger partial charge < -0.3 is 9.84 Å². The Balaban J connectivity index is 2.44. The molecule has 0 aromatic carbocycles. The lowest BCUT2D eigenvalue weighted by molar-refractivity contribution is -0.155. The van der Waals surface area contributed by atoms with Crippen molar-refractivity contribution >= 4 is 5.97 Å². The zero-order valence-electron chi connectivity index (χ0n) is 8.76. The second-order valence-electron chi connectivity index (χ2n) is 4.06. The van der Waals surface area contributed by atoms with Gasteiger partial charge >= 0.3 is 5.97 Å². The van der Waals surface area contributed by atoms with E-state index in [-0.39, 0.29) is 38.7 Å². The van der Waals surface area contributed by atoms with E-state index in [1.807, 2.05) is 0 Å². The highest BCUT2D eigenvalue weighted by Crippen LogP contribution is 2.39. The van der Waals surface area contributed by atoms with E-state index in [2.05, 4.69) is 4.74 Å². The summed E-state index contributed by atoms with van der Waals surface area (Å²) in [5.41, 5.74) is -1.30. The van der Waals surface area contributed by atoms with E-state index in [1.165, 1.54) is 0 Å². The van der Waals surface area contributed by atoms with E-state index in [0.717, 1.165) is 0 Å². The van der Waals surface area contributed by atoms with E-state index in [0.29, 0.717) is 0 Å². The van der Waals surface area contributed by atoms with Gasteiger partial charge in [-0.25, -0.2) is 8.78 Å². The van der Waals surface area contributed by atoms with Gasteiger partial charge in [0.2, 0.25) is 5.92 Å². The fourth-order valence-electron chi connectivity index (χ4n) is 1.74. The van der Waals surface area contributed by atoms with Gasteiger partial charge in [-0.2, -0.15) is 0 Å². The van der Waals surface area contributed by atoms with E-state index < -0.39 is 17.5 Å². The van der Waals surface area contributed by atoms with Gasteiger partial charge in [-0.3, -0.25) is 4.79 Å². The maximum absolute atomic E-state index is 12.8. The van der Waals surface area contributed by atoms with Gasteiger partial charge in [0, 0.05) is 12.8 Å². The molecule has 0 bridgehead atoms. The first-order valence-electron chi connectivity index (χ1n) is 5.13. The largest absolute Gasteiger partial charge is 0.466 e. The summed E-state index contributed by atoms with van der Waals surface area (Å²) in [6.45, 7) is 1.90. The minimum atomic E-state index is -2.69. The predicted octanol–water partition coefficient (Wildman–Crippen LogP) is 1.88. The van der Waals surface area contributed by atoms with Crippen LogP contribution in [0.4, 0.5) is 8.78 Å². The Morgan fingerprint density at radius 3 is 2.33 bits per heavy atom. The molecule has 0 unspecified atom stereocenters. The quantitative estimate of drug-likeness (QED) is 0.741. The second-order valence-corrected chi connectivity index (χ2v) is 4.06. The third-order valence-corrected chi connectivity index (χ3v) is 2.69. The summed E-state index contributed by atoms with van der Waals surface area (Å²) in [6, 6.07) is 0. The normalized spacial score (nSPS) is 23.5. The highest BCUT2D eigenvalue weighted by atomic mass is 19.3. The van der Waals surface area contributed by atoms with Crippen LogP contribution in [-0.2, 0) is 9.53 Å². The average Bonchev–Trinajstić information content (AvgIpc) is 2.12. The Morgan fingerprint density at radius 2 is 1.87 bits per heavy atom. The highest BCUT2D eigenvalue weighted by molar-refractivity contribution is 5.70. The zero-order chi connectivity index (χ0) is 11.5. The van der Waals surface area contributed by atoms with Gasteiger partial charge in [0.15, 0.2) is 0 Å². The lowest BCUT2D eigenvalue weighted by Gasteiger charge is -2.35. The molecule has 0 atom stereocenters. The van der Waals surface area contributed by atoms with Crippen LogP contribution in [0.1, 0.15) is 39.0 Å². The number of carbonyl (C=O) groups is 1. The van der Waals surface area contributed by atoms with Crippen LogP contribution in [0.5, 0.6) is 0 Å². The molecule has 1 fully saturated rings. The minimum Gasteiger partial charge on any atom is -0.466 e. The van der Waals surface area contributed by atoms with Crippen molar-refractivity contribution in [3.63, 3.8) is 0 Å². The van der Waals surface area contributed by atoms with Crippen LogP contribution in [0.15, 0.2) is 0 Å². The van der Waals surface area contributed by atoms with Crippen LogP contribution in [0.2, 0.25) is 0 Å². The summed E-state index contributed by atoms with van der Waals surface area (Å²) in [5, 5.41) is 9.87. The minimum absolute atomic E-state index is 0.0428. The second kappa shape index (κ2) is 4.43. The molecule has 0 aromatic heterocycles. The maximum atomic E-state index is 12.8. The van der Waals surface area contributed by atoms with E-state index in [9.17, 15) is 18.7 Å². The lowest BCUT2D eigenvalue weighted by atomic mass is 9.81. The summed E-state index contributed by atoms with van der Waals surface area (Å²) < 4.78 is 30.3. The van der Waals surface area contributed by atoms with Gasteiger partial charge in [-0.1, -0.05) is 0 Å². The van der Waals surface area contributed by atoms with Crippen molar-refractivity contribution in [2.45, 2.75) is 50.6 Å². The Hall–Kier alpha value is -0.710.